The van der Waals surface area contributed by atoms with E-state index in [1.54, 1.807) is 46.3 Å². The van der Waals surface area contributed by atoms with E-state index in [-0.39, 0.29) is 19.2 Å². The molecule has 0 bridgehead atoms. The number of sulfonamides is 1. The lowest BCUT2D eigenvalue weighted by Crippen LogP contribution is -2.34. The first kappa shape index (κ1) is 25.8. The van der Waals surface area contributed by atoms with Crippen molar-refractivity contribution >= 4 is 15.8 Å². The van der Waals surface area contributed by atoms with E-state index in [0.717, 1.165) is 31.7 Å². The molecule has 2 aromatic heterocycles. The van der Waals surface area contributed by atoms with Crippen LogP contribution in [0.5, 0.6) is 11.8 Å². The normalized spacial score (nSPS) is 14.8. The Kier molecular flexibility index (Phi) is 8.05. The predicted octanol–water partition coefficient (Wildman–Crippen LogP) is 3.58. The quantitative estimate of drug-likeness (QED) is 0.430. The van der Waals surface area contributed by atoms with Crippen molar-refractivity contribution in [2.45, 2.75) is 37.5 Å². The lowest BCUT2D eigenvalue weighted by molar-refractivity contribution is 0.267. The second-order valence-corrected chi connectivity index (χ2v) is 11.0. The van der Waals surface area contributed by atoms with Gasteiger partial charge in [-0.2, -0.15) is 9.29 Å². The van der Waals surface area contributed by atoms with Gasteiger partial charge < -0.3 is 14.4 Å². The van der Waals surface area contributed by atoms with E-state index >= 15 is 0 Å². The minimum Gasteiger partial charge on any atom is -0.497 e. The molecule has 0 saturated carbocycles. The molecule has 0 amide bonds. The van der Waals surface area contributed by atoms with Crippen LogP contribution in [-0.2, 0) is 10.0 Å². The molecule has 0 N–H and O–H groups in total. The number of pyridine rings is 1. The van der Waals surface area contributed by atoms with Gasteiger partial charge in [0.05, 0.1) is 12.0 Å². The molecule has 1 aliphatic rings. The molecule has 9 nitrogen and oxygen atoms in total. The number of methoxy groups -OCH3 is 1. The Bertz CT molecular complexity index is 1260. The largest absolute Gasteiger partial charge is 0.497 e. The smallest absolute Gasteiger partial charge is 0.318 e. The van der Waals surface area contributed by atoms with E-state index < -0.39 is 10.0 Å². The topological polar surface area (TPSA) is 97.8 Å². The Morgan fingerprint density at radius 2 is 1.72 bits per heavy atom. The fourth-order valence-electron chi connectivity index (χ4n) is 4.63. The SMILES string of the molecule is COc1cc(C)c(S(=O)(=O)N(C)CCOc2nccc(N3CCC(c4ccncc4)CC3)n2)c(C)c1. The van der Waals surface area contributed by atoms with Gasteiger partial charge in [0.2, 0.25) is 10.0 Å². The van der Waals surface area contributed by atoms with Gasteiger partial charge in [0.1, 0.15) is 18.2 Å². The molecule has 10 heteroatoms. The number of anilines is 1. The van der Waals surface area contributed by atoms with E-state index in [1.165, 1.54) is 9.87 Å². The van der Waals surface area contributed by atoms with E-state index in [9.17, 15) is 8.42 Å². The van der Waals surface area contributed by atoms with Gasteiger partial charge in [0.15, 0.2) is 0 Å². The molecule has 0 aliphatic carbocycles. The van der Waals surface area contributed by atoms with Crippen molar-refractivity contribution in [3.05, 3.63) is 65.6 Å². The Morgan fingerprint density at radius 3 is 2.36 bits per heavy atom. The molecular weight excluding hydrogens is 478 g/mol. The molecule has 192 valence electrons. The number of aromatic nitrogens is 3. The second kappa shape index (κ2) is 11.2. The highest BCUT2D eigenvalue weighted by Crippen LogP contribution is 2.30. The molecular formula is C26H33N5O4S. The highest BCUT2D eigenvalue weighted by atomic mass is 32.2. The Balaban J connectivity index is 1.34. The van der Waals surface area contributed by atoms with Gasteiger partial charge in [0.25, 0.3) is 0 Å². The van der Waals surface area contributed by atoms with Crippen LogP contribution >= 0.6 is 0 Å². The third-order valence-corrected chi connectivity index (χ3v) is 8.75. The molecule has 0 spiro atoms. The average molecular weight is 512 g/mol. The van der Waals surface area contributed by atoms with E-state index in [1.807, 2.05) is 18.5 Å². The third-order valence-electron chi connectivity index (χ3n) is 6.59. The summed E-state index contributed by atoms with van der Waals surface area (Å²) in [6.45, 7) is 5.63. The highest BCUT2D eigenvalue weighted by Gasteiger charge is 2.26. The summed E-state index contributed by atoms with van der Waals surface area (Å²) in [6, 6.07) is 9.75. The summed E-state index contributed by atoms with van der Waals surface area (Å²) in [4.78, 5) is 15.4. The van der Waals surface area contributed by atoms with Gasteiger partial charge in [-0.25, -0.2) is 13.4 Å². The molecule has 1 saturated heterocycles. The van der Waals surface area contributed by atoms with Crippen LogP contribution < -0.4 is 14.4 Å². The van der Waals surface area contributed by atoms with E-state index in [0.29, 0.717) is 27.7 Å². The fraction of sp³-hybridized carbons (Fsp3) is 0.423. The summed E-state index contributed by atoms with van der Waals surface area (Å²) in [6.07, 6.45) is 7.45. The lowest BCUT2D eigenvalue weighted by atomic mass is 9.90. The van der Waals surface area contributed by atoms with Crippen molar-refractivity contribution in [2.75, 3.05) is 45.3 Å². The molecule has 1 fully saturated rings. The fourth-order valence-corrected chi connectivity index (χ4v) is 6.19. The number of likely N-dealkylation sites (N-methyl/N-ethyl adjacent to an activating group) is 1. The third kappa shape index (κ3) is 5.76. The second-order valence-electron chi connectivity index (χ2n) is 9.00. The zero-order valence-electron chi connectivity index (χ0n) is 21.2. The van der Waals surface area contributed by atoms with Crippen molar-refractivity contribution in [1.29, 1.82) is 0 Å². The predicted molar refractivity (Wildman–Crippen MR) is 138 cm³/mol. The summed E-state index contributed by atoms with van der Waals surface area (Å²) in [5, 5.41) is 0. The van der Waals surface area contributed by atoms with Crippen LogP contribution in [0.4, 0.5) is 5.82 Å². The van der Waals surface area contributed by atoms with Crippen LogP contribution in [0.1, 0.15) is 35.4 Å². The molecule has 3 aromatic rings. The zero-order valence-corrected chi connectivity index (χ0v) is 22.0. The number of rotatable bonds is 9. The van der Waals surface area contributed by atoms with Crippen LogP contribution in [0.25, 0.3) is 0 Å². The van der Waals surface area contributed by atoms with Crippen molar-refractivity contribution in [3.8, 4) is 11.8 Å². The van der Waals surface area contributed by atoms with Gasteiger partial charge >= 0.3 is 6.01 Å². The van der Waals surface area contributed by atoms with Gasteiger partial charge in [-0.3, -0.25) is 4.98 Å². The molecule has 0 unspecified atom stereocenters. The van der Waals surface area contributed by atoms with Gasteiger partial charge in [-0.1, -0.05) is 0 Å². The maximum Gasteiger partial charge on any atom is 0.318 e. The lowest BCUT2D eigenvalue weighted by Gasteiger charge is -2.33. The van der Waals surface area contributed by atoms with Crippen molar-refractivity contribution < 1.29 is 17.9 Å². The summed E-state index contributed by atoms with van der Waals surface area (Å²) >= 11 is 0. The van der Waals surface area contributed by atoms with Crippen molar-refractivity contribution in [3.63, 3.8) is 0 Å². The van der Waals surface area contributed by atoms with Gasteiger partial charge in [-0.15, -0.1) is 0 Å². The number of hydrogen-bond acceptors (Lipinski definition) is 8. The summed E-state index contributed by atoms with van der Waals surface area (Å²) in [5.41, 5.74) is 2.61. The van der Waals surface area contributed by atoms with Crippen LogP contribution in [0.3, 0.4) is 0 Å². The van der Waals surface area contributed by atoms with Crippen LogP contribution in [0, 0.1) is 13.8 Å². The van der Waals surface area contributed by atoms with Gasteiger partial charge in [0, 0.05) is 45.3 Å². The maximum absolute atomic E-state index is 13.2. The first-order valence-corrected chi connectivity index (χ1v) is 13.5. The molecule has 1 aliphatic heterocycles. The molecule has 1 aromatic carbocycles. The van der Waals surface area contributed by atoms with Crippen molar-refractivity contribution in [1.82, 2.24) is 19.3 Å². The van der Waals surface area contributed by atoms with Crippen LogP contribution in [-0.4, -0.2) is 68.1 Å². The Labute approximate surface area is 213 Å². The first-order valence-electron chi connectivity index (χ1n) is 12.0. The number of piperidine rings is 1. The number of aryl methyl sites for hydroxylation is 2. The zero-order chi connectivity index (χ0) is 25.7. The number of hydrogen-bond donors (Lipinski definition) is 0. The maximum atomic E-state index is 13.2. The Hall–Kier alpha value is -3.24. The minimum absolute atomic E-state index is 0.136. The molecule has 36 heavy (non-hydrogen) atoms. The number of benzene rings is 1. The van der Waals surface area contributed by atoms with Crippen LogP contribution in [0.15, 0.2) is 53.8 Å². The highest BCUT2D eigenvalue weighted by molar-refractivity contribution is 7.89. The summed E-state index contributed by atoms with van der Waals surface area (Å²) in [5.74, 6) is 1.98. The molecule has 0 atom stereocenters. The summed E-state index contributed by atoms with van der Waals surface area (Å²) < 4.78 is 38.7. The van der Waals surface area contributed by atoms with E-state index in [2.05, 4.69) is 32.0 Å². The molecule has 4 rings (SSSR count). The monoisotopic (exact) mass is 511 g/mol. The minimum atomic E-state index is -3.69. The average Bonchev–Trinajstić information content (AvgIpc) is 2.88. The first-order chi connectivity index (χ1) is 17.3. The molecule has 0 radical (unpaired) electrons. The van der Waals surface area contributed by atoms with Crippen LogP contribution in [0.2, 0.25) is 0 Å². The standard InChI is InChI=1S/C26H33N5O4S/c1-19-17-23(34-4)18-20(2)25(19)36(32,33)30(3)15-16-35-26-28-12-7-24(29-26)31-13-8-22(9-14-31)21-5-10-27-11-6-21/h5-7,10-12,17-18,22H,8-9,13-16H2,1-4H3. The summed E-state index contributed by atoms with van der Waals surface area (Å²) in [7, 11) is -0.578. The van der Waals surface area contributed by atoms with E-state index in [4.69, 9.17) is 9.47 Å². The number of ether oxygens (including phenoxy) is 2. The van der Waals surface area contributed by atoms with Crippen molar-refractivity contribution in [2.24, 2.45) is 0 Å². The van der Waals surface area contributed by atoms with Gasteiger partial charge in [-0.05, 0) is 79.6 Å². The Morgan fingerprint density at radius 1 is 1.06 bits per heavy atom. The number of nitrogens with zero attached hydrogens (tertiary/aromatic N) is 5. The molecule has 3 heterocycles.